The molecule has 0 saturated carbocycles. The SMILES string of the molecule is CC(C)c1nc(C[S@](=O)CC(=O)NCC(F)(F)F)cs1. The van der Waals surface area contributed by atoms with Crippen LogP contribution in [-0.4, -0.2) is 33.6 Å². The fourth-order valence-electron chi connectivity index (χ4n) is 1.27. The molecule has 0 saturated heterocycles. The first kappa shape index (κ1) is 17.1. The molecule has 0 fully saturated rings. The number of aromatic nitrogens is 1. The number of halogens is 3. The van der Waals surface area contributed by atoms with E-state index < -0.39 is 35.2 Å². The molecule has 1 aromatic rings. The van der Waals surface area contributed by atoms with Crippen LogP contribution < -0.4 is 5.32 Å². The Hall–Kier alpha value is -0.960. The van der Waals surface area contributed by atoms with Crippen LogP contribution >= 0.6 is 11.3 Å². The minimum atomic E-state index is -4.46. The van der Waals surface area contributed by atoms with Gasteiger partial charge in [0.1, 0.15) is 12.3 Å². The van der Waals surface area contributed by atoms with Gasteiger partial charge in [0.05, 0.1) is 16.5 Å². The Bertz CT molecular complexity index is 486. The molecule has 1 aromatic heterocycles. The number of carbonyl (C=O) groups excluding carboxylic acids is 1. The summed E-state index contributed by atoms with van der Waals surface area (Å²) in [5, 5.41) is 4.34. The van der Waals surface area contributed by atoms with Crippen molar-refractivity contribution in [2.75, 3.05) is 12.3 Å². The van der Waals surface area contributed by atoms with E-state index in [1.807, 2.05) is 13.8 Å². The van der Waals surface area contributed by atoms with E-state index in [1.165, 1.54) is 11.3 Å². The maximum absolute atomic E-state index is 11.9. The molecule has 1 heterocycles. The highest BCUT2D eigenvalue weighted by Gasteiger charge is 2.27. The van der Waals surface area contributed by atoms with Crippen molar-refractivity contribution in [3.63, 3.8) is 0 Å². The molecule has 1 atom stereocenters. The molecule has 4 nitrogen and oxygen atoms in total. The number of thiazole rings is 1. The van der Waals surface area contributed by atoms with Gasteiger partial charge >= 0.3 is 6.18 Å². The lowest BCUT2D eigenvalue weighted by Crippen LogP contribution is -2.36. The molecule has 0 unspecified atom stereocenters. The zero-order valence-electron chi connectivity index (χ0n) is 11.0. The van der Waals surface area contributed by atoms with Crippen LogP contribution in [0.4, 0.5) is 13.2 Å². The van der Waals surface area contributed by atoms with Crippen LogP contribution in [0.5, 0.6) is 0 Å². The summed E-state index contributed by atoms with van der Waals surface area (Å²) in [6, 6.07) is 0. The molecular weight excluding hydrogens is 313 g/mol. The van der Waals surface area contributed by atoms with Gasteiger partial charge in [-0.3, -0.25) is 9.00 Å². The topological polar surface area (TPSA) is 59.1 Å². The summed E-state index contributed by atoms with van der Waals surface area (Å²) in [6.45, 7) is 2.55. The third-order valence-corrected chi connectivity index (χ3v) is 4.55. The monoisotopic (exact) mass is 328 g/mol. The smallest absolute Gasteiger partial charge is 0.346 e. The lowest BCUT2D eigenvalue weighted by Gasteiger charge is -2.07. The van der Waals surface area contributed by atoms with Gasteiger partial charge in [-0.1, -0.05) is 13.8 Å². The summed E-state index contributed by atoms with van der Waals surface area (Å²) in [4.78, 5) is 15.4. The van der Waals surface area contributed by atoms with Crippen LogP contribution in [0.2, 0.25) is 0 Å². The van der Waals surface area contributed by atoms with Crippen LogP contribution in [0, 0.1) is 0 Å². The number of hydrogen-bond acceptors (Lipinski definition) is 4. The number of hydrogen-bond donors (Lipinski definition) is 1. The zero-order chi connectivity index (χ0) is 15.3. The summed E-state index contributed by atoms with van der Waals surface area (Å²) in [7, 11) is -1.56. The van der Waals surface area contributed by atoms with Crippen molar-refractivity contribution in [1.82, 2.24) is 10.3 Å². The first-order valence-corrected chi connectivity index (χ1v) is 8.17. The van der Waals surface area contributed by atoms with Gasteiger partial charge in [-0.15, -0.1) is 11.3 Å². The maximum atomic E-state index is 11.9. The molecule has 0 spiro atoms. The van der Waals surface area contributed by atoms with Crippen molar-refractivity contribution >= 4 is 28.0 Å². The van der Waals surface area contributed by atoms with Crippen molar-refractivity contribution in [1.29, 1.82) is 0 Å². The van der Waals surface area contributed by atoms with Crippen molar-refractivity contribution < 1.29 is 22.2 Å². The Morgan fingerprint density at radius 1 is 1.50 bits per heavy atom. The molecule has 0 aromatic carbocycles. The predicted octanol–water partition coefficient (Wildman–Crippen LogP) is 2.19. The van der Waals surface area contributed by atoms with E-state index in [-0.39, 0.29) is 11.7 Å². The quantitative estimate of drug-likeness (QED) is 0.871. The first-order valence-electron chi connectivity index (χ1n) is 5.80. The Morgan fingerprint density at radius 2 is 2.15 bits per heavy atom. The minimum Gasteiger partial charge on any atom is -0.346 e. The molecule has 0 bridgehead atoms. The second kappa shape index (κ2) is 7.16. The van der Waals surface area contributed by atoms with E-state index in [0.29, 0.717) is 5.69 Å². The number of nitrogens with one attached hydrogen (secondary N) is 1. The van der Waals surface area contributed by atoms with Crippen LogP contribution in [0.15, 0.2) is 5.38 Å². The Labute approximate surface area is 121 Å². The highest BCUT2D eigenvalue weighted by Crippen LogP contribution is 2.19. The number of rotatable bonds is 6. The molecule has 0 aliphatic heterocycles. The zero-order valence-corrected chi connectivity index (χ0v) is 12.6. The van der Waals surface area contributed by atoms with Crippen LogP contribution in [0.25, 0.3) is 0 Å². The second-order valence-corrected chi connectivity index (χ2v) is 6.80. The van der Waals surface area contributed by atoms with Crippen LogP contribution in [-0.2, 0) is 21.3 Å². The van der Waals surface area contributed by atoms with E-state index >= 15 is 0 Å². The van der Waals surface area contributed by atoms with Crippen molar-refractivity contribution in [3.05, 3.63) is 16.1 Å². The highest BCUT2D eigenvalue weighted by atomic mass is 32.2. The van der Waals surface area contributed by atoms with Crippen molar-refractivity contribution in [3.8, 4) is 0 Å². The molecule has 1 N–H and O–H groups in total. The molecule has 1 amide bonds. The van der Waals surface area contributed by atoms with Crippen LogP contribution in [0.1, 0.15) is 30.5 Å². The number of nitrogens with zero attached hydrogens (tertiary/aromatic N) is 1. The predicted molar refractivity (Wildman–Crippen MR) is 72.0 cm³/mol. The molecular formula is C11H15F3N2O2S2. The van der Waals surface area contributed by atoms with Gasteiger partial charge < -0.3 is 5.32 Å². The summed E-state index contributed by atoms with van der Waals surface area (Å²) < 4.78 is 47.3. The summed E-state index contributed by atoms with van der Waals surface area (Å²) in [6.07, 6.45) is -4.46. The largest absolute Gasteiger partial charge is 0.405 e. The molecule has 1 rings (SSSR count). The molecule has 0 aliphatic carbocycles. The van der Waals surface area contributed by atoms with Gasteiger partial charge in [0, 0.05) is 22.1 Å². The van der Waals surface area contributed by atoms with Crippen LogP contribution in [0.3, 0.4) is 0 Å². The van der Waals surface area contributed by atoms with E-state index in [0.717, 1.165) is 5.01 Å². The van der Waals surface area contributed by atoms with E-state index in [2.05, 4.69) is 4.98 Å². The molecule has 0 radical (unpaired) electrons. The van der Waals surface area contributed by atoms with E-state index in [1.54, 1.807) is 10.7 Å². The summed E-state index contributed by atoms with van der Waals surface area (Å²) in [5.74, 6) is -0.995. The van der Waals surface area contributed by atoms with Gasteiger partial charge in [-0.25, -0.2) is 4.98 Å². The first-order chi connectivity index (χ1) is 9.17. The standard InChI is InChI=1S/C11H15F3N2O2S2/c1-7(2)10-16-8(3-19-10)4-20(18)5-9(17)15-6-11(12,13)14/h3,7H,4-6H2,1-2H3,(H,15,17)/t20-/m0/s1. The lowest BCUT2D eigenvalue weighted by molar-refractivity contribution is -0.136. The van der Waals surface area contributed by atoms with Gasteiger partial charge in [0.15, 0.2) is 0 Å². The Kier molecular flexibility index (Phi) is 6.12. The normalized spacial score (nSPS) is 13.5. The fraction of sp³-hybridized carbons (Fsp3) is 0.636. The third kappa shape index (κ3) is 6.47. The van der Waals surface area contributed by atoms with E-state index in [9.17, 15) is 22.2 Å². The molecule has 20 heavy (non-hydrogen) atoms. The van der Waals surface area contributed by atoms with Crippen molar-refractivity contribution in [2.45, 2.75) is 31.7 Å². The number of alkyl halides is 3. The summed E-state index contributed by atoms with van der Waals surface area (Å²) >= 11 is 1.44. The maximum Gasteiger partial charge on any atom is 0.405 e. The van der Waals surface area contributed by atoms with Gasteiger partial charge in [-0.05, 0) is 0 Å². The molecule has 0 aliphatic rings. The van der Waals surface area contributed by atoms with Gasteiger partial charge in [0.25, 0.3) is 0 Å². The fourth-order valence-corrected chi connectivity index (χ4v) is 3.18. The summed E-state index contributed by atoms with van der Waals surface area (Å²) in [5.41, 5.74) is 0.598. The van der Waals surface area contributed by atoms with E-state index in [4.69, 9.17) is 0 Å². The Balaban J connectivity index is 2.41. The molecule has 114 valence electrons. The average molecular weight is 328 g/mol. The molecule has 9 heteroatoms. The Morgan fingerprint density at radius 3 is 2.65 bits per heavy atom. The van der Waals surface area contributed by atoms with Crippen molar-refractivity contribution in [2.24, 2.45) is 0 Å². The third-order valence-electron chi connectivity index (χ3n) is 2.15. The van der Waals surface area contributed by atoms with Gasteiger partial charge in [-0.2, -0.15) is 13.2 Å². The average Bonchev–Trinajstić information content (AvgIpc) is 2.74. The lowest BCUT2D eigenvalue weighted by atomic mass is 10.2. The number of amides is 1. The minimum absolute atomic E-state index is 0.0721. The second-order valence-electron chi connectivity index (χ2n) is 4.45. The number of carbonyl (C=O) groups is 1. The highest BCUT2D eigenvalue weighted by molar-refractivity contribution is 7.84. The van der Waals surface area contributed by atoms with Gasteiger partial charge in [0.2, 0.25) is 5.91 Å².